The third-order valence-corrected chi connectivity index (χ3v) is 4.21. The van der Waals surface area contributed by atoms with Crippen LogP contribution in [0, 0.1) is 0 Å². The molecule has 2 aromatic carbocycles. The molecule has 19 heavy (non-hydrogen) atoms. The first-order valence-corrected chi connectivity index (χ1v) is 7.34. The molecule has 2 aromatic rings. The Hall–Kier alpha value is -1.46. The van der Waals surface area contributed by atoms with Crippen LogP contribution in [0.3, 0.4) is 0 Å². The van der Waals surface area contributed by atoms with Gasteiger partial charge in [-0.05, 0) is 35.9 Å². The number of rotatable bonds is 4. The van der Waals surface area contributed by atoms with Gasteiger partial charge in [0, 0.05) is 20.8 Å². The van der Waals surface area contributed by atoms with Crippen LogP contribution in [0.1, 0.15) is 15.9 Å². The largest absolute Gasteiger partial charge is 0.478 e. The number of carbonyl (C=O) groups is 1. The highest BCUT2D eigenvalue weighted by molar-refractivity contribution is 9.10. The van der Waals surface area contributed by atoms with E-state index in [4.69, 9.17) is 10.8 Å². The van der Waals surface area contributed by atoms with Crippen LogP contribution in [0.2, 0.25) is 0 Å². The first kappa shape index (κ1) is 14.0. The fourth-order valence-corrected chi connectivity index (χ4v) is 3.01. The van der Waals surface area contributed by atoms with Gasteiger partial charge in [0.25, 0.3) is 0 Å². The molecule has 0 spiro atoms. The van der Waals surface area contributed by atoms with E-state index in [0.29, 0.717) is 5.56 Å². The number of halogens is 1. The second-order valence-corrected chi connectivity index (χ2v) is 5.91. The zero-order chi connectivity index (χ0) is 13.8. The van der Waals surface area contributed by atoms with Crippen molar-refractivity contribution < 1.29 is 9.90 Å². The summed E-state index contributed by atoms with van der Waals surface area (Å²) in [4.78, 5) is 11.8. The maximum atomic E-state index is 10.7. The van der Waals surface area contributed by atoms with Crippen molar-refractivity contribution in [3.8, 4) is 0 Å². The van der Waals surface area contributed by atoms with E-state index in [9.17, 15) is 4.79 Å². The minimum atomic E-state index is -0.907. The first-order chi connectivity index (χ1) is 9.06. The molecule has 5 heteroatoms. The standard InChI is InChI=1S/C14H12BrNO2S/c15-11-5-6-12(16)13(7-11)19-8-9-1-3-10(4-2-9)14(17)18/h1-7H,8,16H2,(H,17,18). The van der Waals surface area contributed by atoms with E-state index in [1.165, 1.54) is 0 Å². The summed E-state index contributed by atoms with van der Waals surface area (Å²) in [6, 6.07) is 12.6. The smallest absolute Gasteiger partial charge is 0.335 e. The molecule has 0 fully saturated rings. The fourth-order valence-electron chi connectivity index (χ4n) is 1.54. The Kier molecular flexibility index (Phi) is 4.50. The molecule has 0 saturated carbocycles. The molecule has 0 aliphatic heterocycles. The van der Waals surface area contributed by atoms with Crippen LogP contribution in [0.5, 0.6) is 0 Å². The lowest BCUT2D eigenvalue weighted by Crippen LogP contribution is -1.95. The predicted octanol–water partition coefficient (Wildman–Crippen LogP) is 4.02. The molecule has 3 nitrogen and oxygen atoms in total. The van der Waals surface area contributed by atoms with E-state index in [0.717, 1.165) is 26.4 Å². The summed E-state index contributed by atoms with van der Waals surface area (Å²) in [5, 5.41) is 8.82. The van der Waals surface area contributed by atoms with Crippen molar-refractivity contribution in [1.82, 2.24) is 0 Å². The van der Waals surface area contributed by atoms with Crippen molar-refractivity contribution in [2.75, 3.05) is 5.73 Å². The molecule has 0 saturated heterocycles. The third-order valence-electron chi connectivity index (χ3n) is 2.57. The highest BCUT2D eigenvalue weighted by Crippen LogP contribution is 2.30. The Labute approximate surface area is 124 Å². The quantitative estimate of drug-likeness (QED) is 0.653. The molecular weight excluding hydrogens is 326 g/mol. The maximum Gasteiger partial charge on any atom is 0.335 e. The van der Waals surface area contributed by atoms with Gasteiger partial charge in [-0.3, -0.25) is 0 Å². The van der Waals surface area contributed by atoms with Gasteiger partial charge in [-0.15, -0.1) is 11.8 Å². The molecule has 2 rings (SSSR count). The number of hydrogen-bond acceptors (Lipinski definition) is 3. The van der Waals surface area contributed by atoms with Crippen LogP contribution in [0.4, 0.5) is 5.69 Å². The van der Waals surface area contributed by atoms with Crippen molar-refractivity contribution in [2.24, 2.45) is 0 Å². The summed E-state index contributed by atoms with van der Waals surface area (Å²) in [5.41, 5.74) is 8.01. The number of nitrogen functional groups attached to an aromatic ring is 1. The van der Waals surface area contributed by atoms with E-state index in [2.05, 4.69) is 15.9 Å². The van der Waals surface area contributed by atoms with Gasteiger partial charge in [-0.2, -0.15) is 0 Å². The van der Waals surface area contributed by atoms with Crippen LogP contribution >= 0.6 is 27.7 Å². The van der Waals surface area contributed by atoms with Gasteiger partial charge >= 0.3 is 5.97 Å². The summed E-state index contributed by atoms with van der Waals surface area (Å²) in [5.74, 6) is -0.156. The van der Waals surface area contributed by atoms with Gasteiger partial charge in [0.05, 0.1) is 5.56 Å². The molecular formula is C14H12BrNO2S. The van der Waals surface area contributed by atoms with Gasteiger partial charge in [0.2, 0.25) is 0 Å². The van der Waals surface area contributed by atoms with Crippen molar-refractivity contribution in [3.63, 3.8) is 0 Å². The number of aromatic carboxylic acids is 1. The van der Waals surface area contributed by atoms with Crippen LogP contribution in [-0.4, -0.2) is 11.1 Å². The number of carboxylic acid groups (broad SMARTS) is 1. The molecule has 98 valence electrons. The third kappa shape index (κ3) is 3.75. The molecule has 0 aliphatic carbocycles. The average Bonchev–Trinajstić information content (AvgIpc) is 2.40. The summed E-state index contributed by atoms with van der Waals surface area (Å²) >= 11 is 5.04. The molecule has 3 N–H and O–H groups in total. The minimum absolute atomic E-state index is 0.302. The zero-order valence-corrected chi connectivity index (χ0v) is 12.4. The normalized spacial score (nSPS) is 10.4. The van der Waals surface area contributed by atoms with Gasteiger partial charge < -0.3 is 10.8 Å². The fraction of sp³-hybridized carbons (Fsp3) is 0.0714. The second-order valence-electron chi connectivity index (χ2n) is 3.97. The Balaban J connectivity index is 2.06. The molecule has 0 aromatic heterocycles. The van der Waals surface area contributed by atoms with Crippen molar-refractivity contribution >= 4 is 39.3 Å². The van der Waals surface area contributed by atoms with Crippen LogP contribution in [0.25, 0.3) is 0 Å². The lowest BCUT2D eigenvalue weighted by Gasteiger charge is -2.06. The molecule has 0 heterocycles. The Morgan fingerprint density at radius 2 is 1.89 bits per heavy atom. The summed E-state index contributed by atoms with van der Waals surface area (Å²) < 4.78 is 0.991. The topological polar surface area (TPSA) is 63.3 Å². The van der Waals surface area contributed by atoms with Crippen molar-refractivity contribution in [2.45, 2.75) is 10.6 Å². The van der Waals surface area contributed by atoms with Crippen LogP contribution in [0.15, 0.2) is 51.8 Å². The SMILES string of the molecule is Nc1ccc(Br)cc1SCc1ccc(C(=O)O)cc1. The lowest BCUT2D eigenvalue weighted by atomic mass is 10.1. The van der Waals surface area contributed by atoms with Gasteiger partial charge in [0.1, 0.15) is 0 Å². The Bertz CT molecular complexity index is 599. The molecule has 0 aliphatic rings. The van der Waals surface area contributed by atoms with E-state index in [1.807, 2.05) is 30.3 Å². The molecule has 0 amide bonds. The number of thioether (sulfide) groups is 1. The van der Waals surface area contributed by atoms with E-state index >= 15 is 0 Å². The van der Waals surface area contributed by atoms with Crippen molar-refractivity contribution in [1.29, 1.82) is 0 Å². The predicted molar refractivity (Wildman–Crippen MR) is 81.5 cm³/mol. The highest BCUT2D eigenvalue weighted by atomic mass is 79.9. The highest BCUT2D eigenvalue weighted by Gasteiger charge is 2.04. The average molecular weight is 338 g/mol. The lowest BCUT2D eigenvalue weighted by molar-refractivity contribution is 0.0697. The number of carboxylic acids is 1. The maximum absolute atomic E-state index is 10.7. The molecule has 0 bridgehead atoms. The summed E-state index contributed by atoms with van der Waals surface area (Å²) in [6.07, 6.45) is 0. The van der Waals surface area contributed by atoms with E-state index < -0.39 is 5.97 Å². The van der Waals surface area contributed by atoms with Gasteiger partial charge in [0.15, 0.2) is 0 Å². The molecule has 0 atom stereocenters. The molecule has 0 unspecified atom stereocenters. The number of benzene rings is 2. The minimum Gasteiger partial charge on any atom is -0.478 e. The Morgan fingerprint density at radius 3 is 2.53 bits per heavy atom. The van der Waals surface area contributed by atoms with Crippen LogP contribution in [-0.2, 0) is 5.75 Å². The monoisotopic (exact) mass is 337 g/mol. The van der Waals surface area contributed by atoms with Crippen molar-refractivity contribution in [3.05, 3.63) is 58.1 Å². The van der Waals surface area contributed by atoms with E-state index in [1.54, 1.807) is 23.9 Å². The second kappa shape index (κ2) is 6.12. The van der Waals surface area contributed by atoms with E-state index in [-0.39, 0.29) is 0 Å². The van der Waals surface area contributed by atoms with Gasteiger partial charge in [-0.25, -0.2) is 4.79 Å². The summed E-state index contributed by atoms with van der Waals surface area (Å²) in [7, 11) is 0. The number of hydrogen-bond donors (Lipinski definition) is 2. The zero-order valence-electron chi connectivity index (χ0n) is 9.97. The molecule has 0 radical (unpaired) electrons. The first-order valence-electron chi connectivity index (χ1n) is 5.56. The summed E-state index contributed by atoms with van der Waals surface area (Å²) in [6.45, 7) is 0. The van der Waals surface area contributed by atoms with Crippen LogP contribution < -0.4 is 5.73 Å². The number of anilines is 1. The number of nitrogens with two attached hydrogens (primary N) is 1. The Morgan fingerprint density at radius 1 is 1.21 bits per heavy atom. The van der Waals surface area contributed by atoms with Gasteiger partial charge in [-0.1, -0.05) is 28.1 Å².